The highest BCUT2D eigenvalue weighted by Gasteiger charge is 2.32. The summed E-state index contributed by atoms with van der Waals surface area (Å²) in [6, 6.07) is 28.8. The van der Waals surface area contributed by atoms with E-state index in [1.807, 2.05) is 91.0 Å². The van der Waals surface area contributed by atoms with Crippen molar-refractivity contribution < 1.29 is 4.79 Å². The third-order valence-corrected chi connectivity index (χ3v) is 4.77. The van der Waals surface area contributed by atoms with Crippen molar-refractivity contribution in [1.29, 1.82) is 0 Å². The largest absolute Gasteiger partial charge is 0.351 e. The Balaban J connectivity index is 1.93. The Morgan fingerprint density at radius 3 is 1.96 bits per heavy atom. The van der Waals surface area contributed by atoms with Crippen LogP contribution in [0.1, 0.15) is 27.5 Å². The van der Waals surface area contributed by atoms with Crippen LogP contribution < -0.4 is 10.6 Å². The van der Waals surface area contributed by atoms with Crippen LogP contribution in [0, 0.1) is 0 Å². The second kappa shape index (κ2) is 7.56. The van der Waals surface area contributed by atoms with Gasteiger partial charge in [0.2, 0.25) is 0 Å². The number of rotatable bonds is 4. The molecule has 0 aromatic heterocycles. The smallest absolute Gasteiger partial charge is 0.193 e. The fourth-order valence-electron chi connectivity index (χ4n) is 3.28. The molecule has 0 bridgehead atoms. The van der Waals surface area contributed by atoms with Crippen LogP contribution in [0.15, 0.2) is 96.6 Å². The van der Waals surface area contributed by atoms with E-state index in [-0.39, 0.29) is 11.8 Å². The lowest BCUT2D eigenvalue weighted by molar-refractivity contribution is 0.102. The Labute approximate surface area is 163 Å². The van der Waals surface area contributed by atoms with Gasteiger partial charge in [-0.2, -0.15) is 0 Å². The summed E-state index contributed by atoms with van der Waals surface area (Å²) >= 11 is 5.45. The van der Waals surface area contributed by atoms with Crippen LogP contribution in [-0.2, 0) is 0 Å². The lowest BCUT2D eigenvalue weighted by Crippen LogP contribution is -2.44. The topological polar surface area (TPSA) is 41.1 Å². The van der Waals surface area contributed by atoms with E-state index in [2.05, 4.69) is 10.6 Å². The number of benzene rings is 3. The zero-order chi connectivity index (χ0) is 18.6. The lowest BCUT2D eigenvalue weighted by Gasteiger charge is -2.31. The molecule has 0 saturated carbocycles. The van der Waals surface area contributed by atoms with E-state index in [9.17, 15) is 4.79 Å². The number of thiocarbonyl (C=S) groups is 1. The van der Waals surface area contributed by atoms with Crippen LogP contribution in [-0.4, -0.2) is 10.9 Å². The molecule has 1 heterocycles. The van der Waals surface area contributed by atoms with Gasteiger partial charge < -0.3 is 10.6 Å². The van der Waals surface area contributed by atoms with Crippen molar-refractivity contribution in [2.24, 2.45) is 0 Å². The van der Waals surface area contributed by atoms with Crippen LogP contribution in [0.2, 0.25) is 0 Å². The molecule has 1 atom stereocenters. The number of Topliss-reactive ketones (excluding diaryl/α,β-unsaturated/α-hetero) is 1. The minimum atomic E-state index is -0.317. The number of nitrogens with one attached hydrogen (secondary N) is 2. The number of hydrogen-bond donors (Lipinski definition) is 2. The molecule has 0 fully saturated rings. The lowest BCUT2D eigenvalue weighted by atomic mass is 9.87. The van der Waals surface area contributed by atoms with Crippen molar-refractivity contribution in [1.82, 2.24) is 10.6 Å². The van der Waals surface area contributed by atoms with Crippen molar-refractivity contribution in [3.8, 4) is 0 Å². The van der Waals surface area contributed by atoms with E-state index in [1.165, 1.54) is 0 Å². The fraction of sp³-hybridized carbons (Fsp3) is 0.0435. The van der Waals surface area contributed by atoms with Crippen molar-refractivity contribution in [2.45, 2.75) is 6.04 Å². The van der Waals surface area contributed by atoms with E-state index in [4.69, 9.17) is 12.2 Å². The summed E-state index contributed by atoms with van der Waals surface area (Å²) in [5, 5.41) is 6.99. The summed E-state index contributed by atoms with van der Waals surface area (Å²) in [4.78, 5) is 13.5. The van der Waals surface area contributed by atoms with Crippen LogP contribution >= 0.6 is 12.2 Å². The predicted molar refractivity (Wildman–Crippen MR) is 112 cm³/mol. The molecule has 4 heteroatoms. The van der Waals surface area contributed by atoms with Crippen LogP contribution in [0.25, 0.3) is 5.70 Å². The van der Waals surface area contributed by atoms with Gasteiger partial charge in [-0.1, -0.05) is 91.0 Å². The standard InChI is InChI=1S/C23H18N2OS/c26-22(18-14-8-3-9-15-18)19-20(16-10-4-1-5-11-16)24-23(27)25-21(19)17-12-6-2-7-13-17/h1-15,20H,(H2,24,25,27). The van der Waals surface area contributed by atoms with Gasteiger partial charge in [0.15, 0.2) is 10.9 Å². The molecule has 0 aliphatic carbocycles. The quantitative estimate of drug-likeness (QED) is 0.524. The Morgan fingerprint density at radius 2 is 1.33 bits per heavy atom. The van der Waals surface area contributed by atoms with Gasteiger partial charge in [0.05, 0.1) is 17.3 Å². The fourth-order valence-corrected chi connectivity index (χ4v) is 3.50. The normalized spacial score (nSPS) is 16.4. The molecular weight excluding hydrogens is 352 g/mol. The van der Waals surface area contributed by atoms with Gasteiger partial charge in [-0.25, -0.2) is 0 Å². The molecule has 3 aromatic rings. The van der Waals surface area contributed by atoms with Gasteiger partial charge in [-0.15, -0.1) is 0 Å². The molecule has 4 rings (SSSR count). The number of carbonyl (C=O) groups excluding carboxylic acids is 1. The number of hydrogen-bond acceptors (Lipinski definition) is 2. The van der Waals surface area contributed by atoms with Gasteiger partial charge in [-0.3, -0.25) is 4.79 Å². The average Bonchev–Trinajstić information content (AvgIpc) is 2.74. The first kappa shape index (κ1) is 17.2. The zero-order valence-electron chi connectivity index (χ0n) is 14.6. The zero-order valence-corrected chi connectivity index (χ0v) is 15.4. The highest BCUT2D eigenvalue weighted by Crippen LogP contribution is 2.33. The average molecular weight is 370 g/mol. The van der Waals surface area contributed by atoms with Crippen molar-refractivity contribution >= 4 is 28.8 Å². The third-order valence-electron chi connectivity index (χ3n) is 4.55. The Kier molecular flexibility index (Phi) is 4.81. The van der Waals surface area contributed by atoms with Gasteiger partial charge in [0, 0.05) is 5.56 Å². The third kappa shape index (κ3) is 3.52. The molecule has 0 spiro atoms. The first-order valence-corrected chi connectivity index (χ1v) is 9.16. The number of ketones is 1. The molecule has 1 aliphatic heterocycles. The van der Waals surface area contributed by atoms with E-state index >= 15 is 0 Å². The van der Waals surface area contributed by atoms with Gasteiger partial charge >= 0.3 is 0 Å². The Hall–Kier alpha value is -3.24. The molecule has 3 nitrogen and oxygen atoms in total. The molecule has 1 unspecified atom stereocenters. The highest BCUT2D eigenvalue weighted by molar-refractivity contribution is 7.80. The van der Waals surface area contributed by atoms with Crippen LogP contribution in [0.3, 0.4) is 0 Å². The molecule has 0 saturated heterocycles. The summed E-state index contributed by atoms with van der Waals surface area (Å²) in [7, 11) is 0. The molecule has 27 heavy (non-hydrogen) atoms. The van der Waals surface area contributed by atoms with Crippen molar-refractivity contribution in [2.75, 3.05) is 0 Å². The maximum Gasteiger partial charge on any atom is 0.193 e. The molecular formula is C23H18N2OS. The molecule has 0 radical (unpaired) electrons. The van der Waals surface area contributed by atoms with Crippen molar-refractivity contribution in [3.05, 3.63) is 113 Å². The SMILES string of the molecule is O=C(C1=C(c2ccccc2)NC(=S)NC1c1ccccc1)c1ccccc1. The summed E-state index contributed by atoms with van der Waals surface area (Å²) in [5.74, 6) is -0.0224. The first-order valence-electron chi connectivity index (χ1n) is 8.76. The Morgan fingerprint density at radius 1 is 0.778 bits per heavy atom. The minimum absolute atomic E-state index is 0.0224. The monoisotopic (exact) mass is 370 g/mol. The maximum atomic E-state index is 13.5. The molecule has 3 aromatic carbocycles. The van der Waals surface area contributed by atoms with Gasteiger partial charge in [-0.05, 0) is 23.3 Å². The van der Waals surface area contributed by atoms with Gasteiger partial charge in [0.25, 0.3) is 0 Å². The second-order valence-corrected chi connectivity index (χ2v) is 6.70. The maximum absolute atomic E-state index is 13.5. The molecule has 0 amide bonds. The van der Waals surface area contributed by atoms with E-state index in [0.717, 1.165) is 16.8 Å². The molecule has 132 valence electrons. The first-order chi connectivity index (χ1) is 13.2. The number of carbonyl (C=O) groups is 1. The Bertz CT molecular complexity index is 998. The molecule has 1 aliphatic rings. The van der Waals surface area contributed by atoms with Gasteiger partial charge in [0.1, 0.15) is 0 Å². The second-order valence-electron chi connectivity index (χ2n) is 6.29. The summed E-state index contributed by atoms with van der Waals surface area (Å²) in [6.07, 6.45) is 0. The van der Waals surface area contributed by atoms with E-state index in [0.29, 0.717) is 16.2 Å². The predicted octanol–water partition coefficient (Wildman–Crippen LogP) is 4.50. The van der Waals surface area contributed by atoms with Crippen LogP contribution in [0.4, 0.5) is 0 Å². The summed E-state index contributed by atoms with van der Waals surface area (Å²) in [6.45, 7) is 0. The van der Waals surface area contributed by atoms with E-state index < -0.39 is 0 Å². The molecule has 2 N–H and O–H groups in total. The van der Waals surface area contributed by atoms with Crippen LogP contribution in [0.5, 0.6) is 0 Å². The summed E-state index contributed by atoms with van der Waals surface area (Å²) < 4.78 is 0. The highest BCUT2D eigenvalue weighted by atomic mass is 32.1. The minimum Gasteiger partial charge on any atom is -0.351 e. The van der Waals surface area contributed by atoms with Crippen molar-refractivity contribution in [3.63, 3.8) is 0 Å². The summed E-state index contributed by atoms with van der Waals surface area (Å²) in [5.41, 5.74) is 3.99. The van der Waals surface area contributed by atoms with E-state index in [1.54, 1.807) is 0 Å².